The van der Waals surface area contributed by atoms with E-state index in [1.54, 1.807) is 0 Å². The summed E-state index contributed by atoms with van der Waals surface area (Å²) in [6.45, 7) is 0. The van der Waals surface area contributed by atoms with E-state index in [0.717, 1.165) is 12.8 Å². The number of hydrogen-bond donors (Lipinski definition) is 0. The molecular formula is C48H32N2. The van der Waals surface area contributed by atoms with Gasteiger partial charge in [0, 0.05) is 32.9 Å². The van der Waals surface area contributed by atoms with Gasteiger partial charge in [0.25, 0.3) is 0 Å². The molecule has 0 bridgehead atoms. The summed E-state index contributed by atoms with van der Waals surface area (Å²) in [4.78, 5) is 0. The molecular weight excluding hydrogens is 605 g/mol. The summed E-state index contributed by atoms with van der Waals surface area (Å²) in [6, 6.07) is 58.3. The van der Waals surface area contributed by atoms with E-state index in [2.05, 4.69) is 179 Å². The molecule has 0 fully saturated rings. The lowest BCUT2D eigenvalue weighted by atomic mass is 9.86. The highest BCUT2D eigenvalue weighted by Gasteiger charge is 2.19. The molecule has 0 spiro atoms. The van der Waals surface area contributed by atoms with Gasteiger partial charge in [-0.1, -0.05) is 109 Å². The van der Waals surface area contributed by atoms with E-state index in [-0.39, 0.29) is 0 Å². The number of para-hydroxylation sites is 3. The number of aryl methyl sites for hydroxylation is 1. The Kier molecular flexibility index (Phi) is 5.82. The lowest BCUT2D eigenvalue weighted by molar-refractivity contribution is 1.00. The molecule has 0 saturated heterocycles. The van der Waals surface area contributed by atoms with Crippen molar-refractivity contribution in [3.8, 4) is 22.5 Å². The van der Waals surface area contributed by atoms with Crippen LogP contribution in [0.3, 0.4) is 0 Å². The molecule has 0 aliphatic heterocycles. The van der Waals surface area contributed by atoms with Gasteiger partial charge in [0.1, 0.15) is 0 Å². The molecule has 234 valence electrons. The van der Waals surface area contributed by atoms with Crippen LogP contribution in [-0.4, -0.2) is 9.13 Å². The third-order valence-electron chi connectivity index (χ3n) is 11.0. The van der Waals surface area contributed by atoms with Crippen molar-refractivity contribution in [1.29, 1.82) is 0 Å². The van der Waals surface area contributed by atoms with Crippen molar-refractivity contribution in [3.63, 3.8) is 0 Å². The molecule has 50 heavy (non-hydrogen) atoms. The fraction of sp³-hybridized carbons (Fsp3) is 0.0417. The Morgan fingerprint density at radius 3 is 1.58 bits per heavy atom. The van der Waals surface area contributed by atoms with Crippen LogP contribution in [0.4, 0.5) is 0 Å². The molecule has 11 rings (SSSR count). The maximum atomic E-state index is 2.46. The zero-order valence-corrected chi connectivity index (χ0v) is 27.5. The topological polar surface area (TPSA) is 9.86 Å². The summed E-state index contributed by atoms with van der Waals surface area (Å²) < 4.78 is 4.84. The van der Waals surface area contributed by atoms with Crippen molar-refractivity contribution < 1.29 is 0 Å². The van der Waals surface area contributed by atoms with Gasteiger partial charge < -0.3 is 9.13 Å². The Morgan fingerprint density at radius 2 is 0.900 bits per heavy atom. The molecule has 2 aromatic heterocycles. The monoisotopic (exact) mass is 636 g/mol. The number of nitrogens with zero attached hydrogens (tertiary/aromatic N) is 2. The number of allylic oxidation sites excluding steroid dienone is 1. The molecule has 2 heteroatoms. The van der Waals surface area contributed by atoms with Crippen LogP contribution in [0, 0.1) is 0 Å². The van der Waals surface area contributed by atoms with Crippen LogP contribution in [0.2, 0.25) is 0 Å². The quantitative estimate of drug-likeness (QED) is 0.171. The SMILES string of the molecule is C1=Cc2c(c3ccccc3c3ccc(-n4c5ccccc5c5cc(-c6ccc7c(c6)c6ccccc6n7-c6ccccc6)ccc54)cc23)CC1. The van der Waals surface area contributed by atoms with Crippen molar-refractivity contribution in [2.45, 2.75) is 12.8 Å². The molecule has 0 N–H and O–H groups in total. The van der Waals surface area contributed by atoms with Gasteiger partial charge in [0.05, 0.1) is 22.1 Å². The van der Waals surface area contributed by atoms with Crippen molar-refractivity contribution in [2.24, 2.45) is 0 Å². The Bertz CT molecular complexity index is 3030. The number of hydrogen-bond acceptors (Lipinski definition) is 0. The Balaban J connectivity index is 1.11. The summed E-state index contributed by atoms with van der Waals surface area (Å²) in [5, 5.41) is 10.5. The molecule has 0 unspecified atom stereocenters. The first-order valence-electron chi connectivity index (χ1n) is 17.6. The molecule has 0 saturated carbocycles. The summed E-state index contributed by atoms with van der Waals surface area (Å²) in [7, 11) is 0. The molecule has 1 aliphatic carbocycles. The summed E-state index contributed by atoms with van der Waals surface area (Å²) >= 11 is 0. The lowest BCUT2D eigenvalue weighted by Crippen LogP contribution is -1.99. The molecule has 0 radical (unpaired) electrons. The van der Waals surface area contributed by atoms with E-state index in [0.29, 0.717) is 0 Å². The second-order valence-electron chi connectivity index (χ2n) is 13.6. The van der Waals surface area contributed by atoms with E-state index >= 15 is 0 Å². The van der Waals surface area contributed by atoms with Crippen LogP contribution in [0.25, 0.3) is 93.7 Å². The smallest absolute Gasteiger partial charge is 0.0541 e. The third kappa shape index (κ3) is 3.90. The normalized spacial score (nSPS) is 13.0. The highest BCUT2D eigenvalue weighted by atomic mass is 15.0. The van der Waals surface area contributed by atoms with Gasteiger partial charge in [-0.15, -0.1) is 0 Å². The Morgan fingerprint density at radius 1 is 0.360 bits per heavy atom. The first kappa shape index (κ1) is 27.6. The predicted molar refractivity (Wildman–Crippen MR) is 213 cm³/mol. The minimum atomic E-state index is 1.09. The van der Waals surface area contributed by atoms with Crippen LogP contribution < -0.4 is 0 Å². The fourth-order valence-corrected chi connectivity index (χ4v) is 8.74. The van der Waals surface area contributed by atoms with Gasteiger partial charge in [-0.05, 0) is 117 Å². The molecule has 0 atom stereocenters. The van der Waals surface area contributed by atoms with E-state index in [9.17, 15) is 0 Å². The van der Waals surface area contributed by atoms with Gasteiger partial charge >= 0.3 is 0 Å². The Hall–Kier alpha value is -6.38. The fourth-order valence-electron chi connectivity index (χ4n) is 8.74. The van der Waals surface area contributed by atoms with Crippen LogP contribution >= 0.6 is 0 Å². The molecule has 10 aromatic rings. The number of benzene rings is 8. The molecule has 1 aliphatic rings. The van der Waals surface area contributed by atoms with E-state index < -0.39 is 0 Å². The summed E-state index contributed by atoms with van der Waals surface area (Å²) in [6.07, 6.45) is 6.87. The second kappa shape index (κ2) is 10.6. The maximum absolute atomic E-state index is 2.46. The van der Waals surface area contributed by atoms with Gasteiger partial charge in [0.15, 0.2) is 0 Å². The predicted octanol–water partition coefficient (Wildman–Crippen LogP) is 12.8. The van der Waals surface area contributed by atoms with Gasteiger partial charge in [-0.3, -0.25) is 0 Å². The first-order valence-corrected chi connectivity index (χ1v) is 17.6. The molecule has 0 amide bonds. The number of fused-ring (bicyclic) bond motifs is 12. The van der Waals surface area contributed by atoms with Crippen molar-refractivity contribution in [2.75, 3.05) is 0 Å². The molecule has 2 nitrogen and oxygen atoms in total. The van der Waals surface area contributed by atoms with Crippen molar-refractivity contribution in [1.82, 2.24) is 9.13 Å². The average molecular weight is 637 g/mol. The van der Waals surface area contributed by atoms with E-state index in [1.165, 1.54) is 98.8 Å². The number of rotatable bonds is 3. The standard InChI is InChI=1S/C48H32N2/c1-2-12-33(13-3-1)49-45-20-10-8-18-40(45)43-28-31(22-26-47(43)49)32-23-27-48-44(29-32)41-19-9-11-21-46(41)50(48)34-24-25-39-37-16-5-4-14-35(37)36-15-6-7-17-38(36)42(39)30-34/h1-5,7-14,16-30H,6,15H2. The van der Waals surface area contributed by atoms with Gasteiger partial charge in [-0.2, -0.15) is 0 Å². The minimum Gasteiger partial charge on any atom is -0.309 e. The second-order valence-corrected chi connectivity index (χ2v) is 13.6. The molecule has 2 heterocycles. The van der Waals surface area contributed by atoms with Crippen molar-refractivity contribution in [3.05, 3.63) is 175 Å². The summed E-state index contributed by atoms with van der Waals surface area (Å²) in [5.74, 6) is 0. The van der Waals surface area contributed by atoms with Crippen LogP contribution in [0.15, 0.2) is 164 Å². The first-order chi connectivity index (χ1) is 24.8. The van der Waals surface area contributed by atoms with Crippen LogP contribution in [0.5, 0.6) is 0 Å². The summed E-state index contributed by atoms with van der Waals surface area (Å²) in [5.41, 5.74) is 12.6. The largest absolute Gasteiger partial charge is 0.309 e. The van der Waals surface area contributed by atoms with Gasteiger partial charge in [0.2, 0.25) is 0 Å². The Labute approximate surface area is 289 Å². The molecule has 8 aromatic carbocycles. The number of aromatic nitrogens is 2. The minimum absolute atomic E-state index is 1.09. The van der Waals surface area contributed by atoms with Crippen LogP contribution in [-0.2, 0) is 6.42 Å². The van der Waals surface area contributed by atoms with Gasteiger partial charge in [-0.25, -0.2) is 0 Å². The van der Waals surface area contributed by atoms with Crippen LogP contribution in [0.1, 0.15) is 17.5 Å². The average Bonchev–Trinajstić information content (AvgIpc) is 3.70. The lowest BCUT2D eigenvalue weighted by Gasteiger charge is -2.19. The van der Waals surface area contributed by atoms with E-state index in [1.807, 2.05) is 0 Å². The van der Waals surface area contributed by atoms with Crippen molar-refractivity contribution >= 4 is 71.2 Å². The third-order valence-corrected chi connectivity index (χ3v) is 11.0. The highest BCUT2D eigenvalue weighted by molar-refractivity contribution is 6.15. The maximum Gasteiger partial charge on any atom is 0.0541 e. The zero-order valence-electron chi connectivity index (χ0n) is 27.5. The van der Waals surface area contributed by atoms with E-state index in [4.69, 9.17) is 0 Å². The zero-order chi connectivity index (χ0) is 32.8. The highest BCUT2D eigenvalue weighted by Crippen LogP contribution is 2.41.